The zero-order valence-electron chi connectivity index (χ0n) is 11.6. The van der Waals surface area contributed by atoms with E-state index in [2.05, 4.69) is 17.0 Å². The Morgan fingerprint density at radius 3 is 2.50 bits per heavy atom. The van der Waals surface area contributed by atoms with E-state index in [1.165, 1.54) is 12.7 Å². The van der Waals surface area contributed by atoms with E-state index in [4.69, 9.17) is 4.74 Å². The maximum atomic E-state index is 11.8. The summed E-state index contributed by atoms with van der Waals surface area (Å²) in [5.74, 6) is -0.130. The number of carbonyl (C=O) groups excluding carboxylic acids is 1. The third kappa shape index (κ3) is 5.32. The van der Waals surface area contributed by atoms with E-state index >= 15 is 0 Å². The highest BCUT2D eigenvalue weighted by Crippen LogP contribution is 2.16. The molecular weight excluding hydrogens is 226 g/mol. The molecule has 1 aromatic rings. The van der Waals surface area contributed by atoms with Crippen molar-refractivity contribution in [1.29, 1.82) is 0 Å². The summed E-state index contributed by atoms with van der Waals surface area (Å²) in [6, 6.07) is 10.1. The average Bonchev–Trinajstić information content (AvgIpc) is 2.37. The van der Waals surface area contributed by atoms with Gasteiger partial charge in [-0.1, -0.05) is 30.3 Å². The Labute approximate surface area is 110 Å². The van der Waals surface area contributed by atoms with Crippen molar-refractivity contribution in [2.75, 3.05) is 27.7 Å². The van der Waals surface area contributed by atoms with Gasteiger partial charge < -0.3 is 9.64 Å². The second-order valence-corrected chi connectivity index (χ2v) is 4.86. The van der Waals surface area contributed by atoms with Crippen molar-refractivity contribution < 1.29 is 9.53 Å². The molecule has 0 heterocycles. The standard InChI is InChI=1S/C15H23NO2/c1-16(2)11-7-10-14(15(17)18-3)12-13-8-5-4-6-9-13/h4-6,8-9,14H,7,10-12H2,1-3H3/t14-/m0/s1. The molecule has 0 saturated carbocycles. The number of rotatable bonds is 7. The third-order valence-electron chi connectivity index (χ3n) is 3.02. The molecule has 0 bridgehead atoms. The molecule has 0 aromatic heterocycles. The van der Waals surface area contributed by atoms with Crippen LogP contribution in [0.1, 0.15) is 18.4 Å². The number of nitrogens with zero attached hydrogens (tertiary/aromatic N) is 1. The number of esters is 1. The molecule has 0 amide bonds. The minimum atomic E-state index is -0.0994. The lowest BCUT2D eigenvalue weighted by molar-refractivity contribution is -0.145. The Morgan fingerprint density at radius 2 is 1.94 bits per heavy atom. The minimum Gasteiger partial charge on any atom is -0.469 e. The topological polar surface area (TPSA) is 29.5 Å². The molecule has 100 valence electrons. The highest BCUT2D eigenvalue weighted by molar-refractivity contribution is 5.72. The highest BCUT2D eigenvalue weighted by Gasteiger charge is 2.19. The Bertz CT molecular complexity index is 349. The zero-order chi connectivity index (χ0) is 13.4. The molecule has 3 heteroatoms. The zero-order valence-corrected chi connectivity index (χ0v) is 11.6. The van der Waals surface area contributed by atoms with Gasteiger partial charge in [0.1, 0.15) is 0 Å². The molecule has 0 aliphatic heterocycles. The monoisotopic (exact) mass is 249 g/mol. The summed E-state index contributed by atoms with van der Waals surface area (Å²) in [6.07, 6.45) is 2.65. The number of ether oxygens (including phenoxy) is 1. The molecule has 18 heavy (non-hydrogen) atoms. The summed E-state index contributed by atoms with van der Waals surface area (Å²) in [4.78, 5) is 13.9. The van der Waals surface area contributed by atoms with Crippen molar-refractivity contribution in [3.8, 4) is 0 Å². The molecule has 1 rings (SSSR count). The smallest absolute Gasteiger partial charge is 0.308 e. The Morgan fingerprint density at radius 1 is 1.28 bits per heavy atom. The molecule has 0 spiro atoms. The lowest BCUT2D eigenvalue weighted by Crippen LogP contribution is -2.21. The number of methoxy groups -OCH3 is 1. The van der Waals surface area contributed by atoms with Gasteiger partial charge in [-0.15, -0.1) is 0 Å². The van der Waals surface area contributed by atoms with Crippen LogP contribution in [-0.4, -0.2) is 38.6 Å². The molecule has 1 aromatic carbocycles. The Hall–Kier alpha value is -1.35. The largest absolute Gasteiger partial charge is 0.469 e. The van der Waals surface area contributed by atoms with Gasteiger partial charge in [0.05, 0.1) is 13.0 Å². The third-order valence-corrected chi connectivity index (χ3v) is 3.02. The first-order chi connectivity index (χ1) is 8.63. The second-order valence-electron chi connectivity index (χ2n) is 4.86. The van der Waals surface area contributed by atoms with Gasteiger partial charge in [-0.25, -0.2) is 0 Å². The van der Waals surface area contributed by atoms with Gasteiger partial charge in [-0.2, -0.15) is 0 Å². The van der Waals surface area contributed by atoms with E-state index in [-0.39, 0.29) is 11.9 Å². The normalized spacial score (nSPS) is 12.4. The lowest BCUT2D eigenvalue weighted by atomic mass is 9.95. The van der Waals surface area contributed by atoms with E-state index < -0.39 is 0 Å². The molecule has 0 aliphatic carbocycles. The van der Waals surface area contributed by atoms with E-state index in [1.54, 1.807) is 0 Å². The molecule has 0 saturated heterocycles. The van der Waals surface area contributed by atoms with Crippen molar-refractivity contribution in [3.05, 3.63) is 35.9 Å². The highest BCUT2D eigenvalue weighted by atomic mass is 16.5. The first-order valence-electron chi connectivity index (χ1n) is 6.40. The molecule has 0 radical (unpaired) electrons. The predicted molar refractivity (Wildman–Crippen MR) is 73.4 cm³/mol. The summed E-state index contributed by atoms with van der Waals surface area (Å²) >= 11 is 0. The molecule has 1 atom stereocenters. The van der Waals surface area contributed by atoms with Gasteiger partial charge in [0.2, 0.25) is 0 Å². The van der Waals surface area contributed by atoms with Crippen LogP contribution >= 0.6 is 0 Å². The van der Waals surface area contributed by atoms with Crippen molar-refractivity contribution in [2.45, 2.75) is 19.3 Å². The van der Waals surface area contributed by atoms with Gasteiger partial charge in [-0.05, 0) is 45.5 Å². The summed E-state index contributed by atoms with van der Waals surface area (Å²) in [7, 11) is 5.56. The average molecular weight is 249 g/mol. The van der Waals surface area contributed by atoms with Crippen LogP contribution in [-0.2, 0) is 16.0 Å². The summed E-state index contributed by atoms with van der Waals surface area (Å²) in [5, 5.41) is 0. The van der Waals surface area contributed by atoms with Crippen LogP contribution in [0.25, 0.3) is 0 Å². The van der Waals surface area contributed by atoms with Gasteiger partial charge in [-0.3, -0.25) is 4.79 Å². The fourth-order valence-electron chi connectivity index (χ4n) is 2.02. The molecular formula is C15H23NO2. The van der Waals surface area contributed by atoms with Crippen molar-refractivity contribution in [3.63, 3.8) is 0 Å². The van der Waals surface area contributed by atoms with Gasteiger partial charge in [0, 0.05) is 0 Å². The minimum absolute atomic E-state index is 0.0302. The van der Waals surface area contributed by atoms with Gasteiger partial charge >= 0.3 is 5.97 Å². The SMILES string of the molecule is COC(=O)[C@@H](CCCN(C)C)Cc1ccccc1. The summed E-state index contributed by atoms with van der Waals surface area (Å²) in [6.45, 7) is 1.00. The number of benzene rings is 1. The maximum Gasteiger partial charge on any atom is 0.308 e. The van der Waals surface area contributed by atoms with Gasteiger partial charge in [0.15, 0.2) is 0 Å². The van der Waals surface area contributed by atoms with Gasteiger partial charge in [0.25, 0.3) is 0 Å². The van der Waals surface area contributed by atoms with Crippen LogP contribution in [0.15, 0.2) is 30.3 Å². The van der Waals surface area contributed by atoms with E-state index in [0.29, 0.717) is 0 Å². The van der Waals surface area contributed by atoms with Crippen LogP contribution < -0.4 is 0 Å². The van der Waals surface area contributed by atoms with E-state index in [9.17, 15) is 4.79 Å². The molecule has 0 unspecified atom stereocenters. The summed E-state index contributed by atoms with van der Waals surface area (Å²) in [5.41, 5.74) is 1.19. The number of hydrogen-bond acceptors (Lipinski definition) is 3. The van der Waals surface area contributed by atoms with Crippen molar-refractivity contribution >= 4 is 5.97 Å². The molecule has 0 fully saturated rings. The lowest BCUT2D eigenvalue weighted by Gasteiger charge is -2.16. The quantitative estimate of drug-likeness (QED) is 0.695. The molecule has 0 N–H and O–H groups in total. The van der Waals surface area contributed by atoms with Crippen LogP contribution in [0.3, 0.4) is 0 Å². The first kappa shape index (κ1) is 14.7. The fraction of sp³-hybridized carbons (Fsp3) is 0.533. The Balaban J connectivity index is 2.53. The predicted octanol–water partition coefficient (Wildman–Crippen LogP) is 2.36. The molecule has 0 aliphatic rings. The van der Waals surface area contributed by atoms with Crippen molar-refractivity contribution in [2.24, 2.45) is 5.92 Å². The summed E-state index contributed by atoms with van der Waals surface area (Å²) < 4.78 is 4.89. The number of carbonyl (C=O) groups is 1. The van der Waals surface area contributed by atoms with Crippen LogP contribution in [0.2, 0.25) is 0 Å². The fourth-order valence-corrected chi connectivity index (χ4v) is 2.02. The first-order valence-corrected chi connectivity index (χ1v) is 6.40. The second kappa shape index (κ2) is 7.88. The van der Waals surface area contributed by atoms with Crippen LogP contribution in [0.5, 0.6) is 0 Å². The maximum absolute atomic E-state index is 11.8. The van der Waals surface area contributed by atoms with E-state index in [0.717, 1.165) is 25.8 Å². The molecule has 3 nitrogen and oxygen atoms in total. The van der Waals surface area contributed by atoms with Crippen LogP contribution in [0.4, 0.5) is 0 Å². The van der Waals surface area contributed by atoms with E-state index in [1.807, 2.05) is 32.3 Å². The van der Waals surface area contributed by atoms with Crippen molar-refractivity contribution in [1.82, 2.24) is 4.90 Å². The van der Waals surface area contributed by atoms with Crippen LogP contribution in [0, 0.1) is 5.92 Å². The number of hydrogen-bond donors (Lipinski definition) is 0. The Kier molecular flexibility index (Phi) is 6.44.